The van der Waals surface area contributed by atoms with Crippen LogP contribution in [0.5, 0.6) is 0 Å². The Balaban J connectivity index is 2.66. The first-order valence-corrected chi connectivity index (χ1v) is 6.05. The van der Waals surface area contributed by atoms with Crippen LogP contribution in [0.15, 0.2) is 30.3 Å². The van der Waals surface area contributed by atoms with E-state index in [9.17, 15) is 4.79 Å². The number of hydrogen-bond acceptors (Lipinski definition) is 1. The maximum Gasteiger partial charge on any atom is 0.139 e. The quantitative estimate of drug-likeness (QED) is 0.724. The maximum atomic E-state index is 12.1. The highest BCUT2D eigenvalue weighted by Crippen LogP contribution is 2.28. The second-order valence-corrected chi connectivity index (χ2v) is 5.18. The third kappa shape index (κ3) is 3.19. The fourth-order valence-electron chi connectivity index (χ4n) is 1.65. The Bertz CT molecular complexity index is 338. The number of hydrogen-bond donors (Lipinski definition) is 0. The Kier molecular flexibility index (Phi) is 4.28. The van der Waals surface area contributed by atoms with Crippen molar-refractivity contribution >= 4 is 5.78 Å². The minimum absolute atomic E-state index is 0.178. The summed E-state index contributed by atoms with van der Waals surface area (Å²) >= 11 is 0. The van der Waals surface area contributed by atoms with Crippen molar-refractivity contribution in [3.05, 3.63) is 35.9 Å². The second kappa shape index (κ2) is 5.29. The summed E-state index contributed by atoms with van der Waals surface area (Å²) in [5.41, 5.74) is 1.08. The minimum atomic E-state index is -0.178. The van der Waals surface area contributed by atoms with Gasteiger partial charge in [0.25, 0.3) is 0 Å². The minimum Gasteiger partial charge on any atom is -0.299 e. The third-order valence-electron chi connectivity index (χ3n) is 3.50. The molecule has 0 spiro atoms. The first kappa shape index (κ1) is 13.0. The summed E-state index contributed by atoms with van der Waals surface area (Å²) in [6, 6.07) is 10.3. The van der Waals surface area contributed by atoms with Crippen LogP contribution >= 0.6 is 0 Å². The summed E-state index contributed by atoms with van der Waals surface area (Å²) in [6.45, 7) is 8.27. The van der Waals surface area contributed by atoms with Gasteiger partial charge in [0.05, 0.1) is 0 Å². The Hall–Kier alpha value is -1.11. The monoisotopic (exact) mass is 218 g/mol. The SMILES string of the molecule is CCC(C)(C)C(=O)C[C@@H](C)c1ccccc1. The molecule has 16 heavy (non-hydrogen) atoms. The van der Waals surface area contributed by atoms with Crippen LogP contribution in [0.25, 0.3) is 0 Å². The lowest BCUT2D eigenvalue weighted by Gasteiger charge is -2.23. The molecule has 1 aromatic carbocycles. The van der Waals surface area contributed by atoms with Gasteiger partial charge in [0.1, 0.15) is 5.78 Å². The van der Waals surface area contributed by atoms with Crippen molar-refractivity contribution in [1.29, 1.82) is 0 Å². The van der Waals surface area contributed by atoms with E-state index in [0.29, 0.717) is 18.1 Å². The molecule has 0 aliphatic heterocycles. The molecule has 0 amide bonds. The average Bonchev–Trinajstić information content (AvgIpc) is 2.30. The van der Waals surface area contributed by atoms with Gasteiger partial charge in [-0.15, -0.1) is 0 Å². The lowest BCUT2D eigenvalue weighted by atomic mass is 9.80. The topological polar surface area (TPSA) is 17.1 Å². The van der Waals surface area contributed by atoms with E-state index in [1.165, 1.54) is 5.56 Å². The summed E-state index contributed by atoms with van der Waals surface area (Å²) in [5.74, 6) is 0.686. The molecule has 1 heteroatoms. The van der Waals surface area contributed by atoms with E-state index in [1.54, 1.807) is 0 Å². The summed E-state index contributed by atoms with van der Waals surface area (Å²) in [4.78, 5) is 12.1. The first-order chi connectivity index (χ1) is 7.47. The average molecular weight is 218 g/mol. The lowest BCUT2D eigenvalue weighted by molar-refractivity contribution is -0.127. The number of ketones is 1. The summed E-state index contributed by atoms with van der Waals surface area (Å²) < 4.78 is 0. The van der Waals surface area contributed by atoms with Gasteiger partial charge in [-0.25, -0.2) is 0 Å². The molecule has 0 bridgehead atoms. The van der Waals surface area contributed by atoms with Gasteiger partial charge in [-0.05, 0) is 17.9 Å². The largest absolute Gasteiger partial charge is 0.299 e. The molecule has 1 aromatic rings. The summed E-state index contributed by atoms with van der Waals surface area (Å²) in [5, 5.41) is 0. The van der Waals surface area contributed by atoms with Crippen LogP contribution in [-0.2, 0) is 4.79 Å². The fraction of sp³-hybridized carbons (Fsp3) is 0.533. The predicted molar refractivity (Wildman–Crippen MR) is 68.6 cm³/mol. The molecule has 1 nitrogen and oxygen atoms in total. The molecule has 0 aromatic heterocycles. The molecule has 1 atom stereocenters. The van der Waals surface area contributed by atoms with Gasteiger partial charge in [0, 0.05) is 11.8 Å². The molecule has 0 fully saturated rings. The molecule has 0 aliphatic rings. The molecule has 0 unspecified atom stereocenters. The van der Waals surface area contributed by atoms with E-state index in [2.05, 4.69) is 26.0 Å². The molecule has 0 aliphatic carbocycles. The van der Waals surface area contributed by atoms with Gasteiger partial charge in [-0.1, -0.05) is 58.0 Å². The molecular formula is C15H22O. The molecule has 0 saturated carbocycles. The van der Waals surface area contributed by atoms with Gasteiger partial charge in [-0.2, -0.15) is 0 Å². The van der Waals surface area contributed by atoms with E-state index >= 15 is 0 Å². The van der Waals surface area contributed by atoms with Crippen LogP contribution in [0.1, 0.15) is 52.0 Å². The van der Waals surface area contributed by atoms with E-state index < -0.39 is 0 Å². The highest BCUT2D eigenvalue weighted by atomic mass is 16.1. The van der Waals surface area contributed by atoms with Crippen molar-refractivity contribution in [3.63, 3.8) is 0 Å². The Morgan fingerprint density at radius 3 is 2.31 bits per heavy atom. The third-order valence-corrected chi connectivity index (χ3v) is 3.50. The van der Waals surface area contributed by atoms with E-state index in [1.807, 2.05) is 32.0 Å². The van der Waals surface area contributed by atoms with Crippen molar-refractivity contribution in [2.24, 2.45) is 5.41 Å². The van der Waals surface area contributed by atoms with Crippen LogP contribution in [0, 0.1) is 5.41 Å². The highest BCUT2D eigenvalue weighted by molar-refractivity contribution is 5.84. The van der Waals surface area contributed by atoms with Crippen LogP contribution in [-0.4, -0.2) is 5.78 Å². The molecule has 1 rings (SSSR count). The molecule has 0 heterocycles. The molecule has 0 radical (unpaired) electrons. The van der Waals surface area contributed by atoms with Gasteiger partial charge >= 0.3 is 0 Å². The normalized spacial score (nSPS) is 13.5. The van der Waals surface area contributed by atoms with Crippen LogP contribution in [0.3, 0.4) is 0 Å². The zero-order valence-electron chi connectivity index (χ0n) is 10.8. The predicted octanol–water partition coefficient (Wildman–Crippen LogP) is 4.19. The van der Waals surface area contributed by atoms with Gasteiger partial charge in [-0.3, -0.25) is 4.79 Å². The van der Waals surface area contributed by atoms with E-state index in [0.717, 1.165) is 6.42 Å². The number of carbonyl (C=O) groups excluding carboxylic acids is 1. The second-order valence-electron chi connectivity index (χ2n) is 5.18. The summed E-state index contributed by atoms with van der Waals surface area (Å²) in [7, 11) is 0. The van der Waals surface area contributed by atoms with Crippen LogP contribution < -0.4 is 0 Å². The van der Waals surface area contributed by atoms with Crippen molar-refractivity contribution in [1.82, 2.24) is 0 Å². The number of rotatable bonds is 5. The summed E-state index contributed by atoms with van der Waals surface area (Å²) in [6.07, 6.45) is 1.55. The van der Waals surface area contributed by atoms with Crippen molar-refractivity contribution < 1.29 is 4.79 Å². The van der Waals surface area contributed by atoms with Gasteiger partial charge < -0.3 is 0 Å². The van der Waals surface area contributed by atoms with Gasteiger partial charge in [0.15, 0.2) is 0 Å². The van der Waals surface area contributed by atoms with Gasteiger partial charge in [0.2, 0.25) is 0 Å². The smallest absolute Gasteiger partial charge is 0.139 e. The highest BCUT2D eigenvalue weighted by Gasteiger charge is 2.26. The van der Waals surface area contributed by atoms with E-state index in [-0.39, 0.29) is 5.41 Å². The molecular weight excluding hydrogens is 196 g/mol. The van der Waals surface area contributed by atoms with Crippen LogP contribution in [0.2, 0.25) is 0 Å². The van der Waals surface area contributed by atoms with Crippen LogP contribution in [0.4, 0.5) is 0 Å². The lowest BCUT2D eigenvalue weighted by Crippen LogP contribution is -2.24. The Morgan fingerprint density at radius 2 is 1.81 bits per heavy atom. The first-order valence-electron chi connectivity index (χ1n) is 6.05. The molecule has 0 saturated heterocycles. The molecule has 0 N–H and O–H groups in total. The Labute approximate surface area is 98.9 Å². The van der Waals surface area contributed by atoms with Crippen molar-refractivity contribution in [2.75, 3.05) is 0 Å². The zero-order valence-corrected chi connectivity index (χ0v) is 10.8. The van der Waals surface area contributed by atoms with Crippen molar-refractivity contribution in [3.8, 4) is 0 Å². The molecule has 88 valence electrons. The maximum absolute atomic E-state index is 12.1. The van der Waals surface area contributed by atoms with Crippen molar-refractivity contribution in [2.45, 2.75) is 46.5 Å². The number of benzene rings is 1. The number of Topliss-reactive ketones (excluding diaryl/α,β-unsaturated/α-hetero) is 1. The van der Waals surface area contributed by atoms with E-state index in [4.69, 9.17) is 0 Å². The standard InChI is InChI=1S/C15H22O/c1-5-15(3,4)14(16)11-12(2)13-9-7-6-8-10-13/h6-10,12H,5,11H2,1-4H3/t12-/m1/s1. The fourth-order valence-corrected chi connectivity index (χ4v) is 1.65. The Morgan fingerprint density at radius 1 is 1.25 bits per heavy atom. The zero-order chi connectivity index (χ0) is 12.2. The number of carbonyl (C=O) groups is 1.